The molecule has 5 rings (SSSR count). The summed E-state index contributed by atoms with van der Waals surface area (Å²) in [4.78, 5) is 24.8. The van der Waals surface area contributed by atoms with Gasteiger partial charge in [0.05, 0.1) is 14.3 Å². The molecule has 0 aliphatic heterocycles. The van der Waals surface area contributed by atoms with Crippen molar-refractivity contribution in [1.29, 1.82) is 0 Å². The van der Waals surface area contributed by atoms with Gasteiger partial charge in [0, 0.05) is 12.3 Å². The highest BCUT2D eigenvalue weighted by molar-refractivity contribution is 14.1. The quantitative estimate of drug-likeness (QED) is 0.154. The molecule has 0 bridgehead atoms. The normalized spacial score (nSPS) is 12.8. The summed E-state index contributed by atoms with van der Waals surface area (Å²) in [7, 11) is 0. The van der Waals surface area contributed by atoms with Gasteiger partial charge >= 0.3 is 12.1 Å². The van der Waals surface area contributed by atoms with Gasteiger partial charge < -0.3 is 25.0 Å². The molecule has 0 fully saturated rings. The third kappa shape index (κ3) is 6.87. The summed E-state index contributed by atoms with van der Waals surface area (Å²) in [6.07, 6.45) is -0.707. The molecule has 1 aliphatic rings. The molecule has 11 heteroatoms. The molecule has 0 saturated carbocycles. The summed E-state index contributed by atoms with van der Waals surface area (Å²) < 4.78 is 14.6. The smallest absolute Gasteiger partial charge is 0.407 e. The van der Waals surface area contributed by atoms with Crippen molar-refractivity contribution in [3.63, 3.8) is 0 Å². The number of phenols is 1. The second-order valence-electron chi connectivity index (χ2n) is 9.29. The van der Waals surface area contributed by atoms with Crippen molar-refractivity contribution in [2.45, 2.75) is 18.4 Å². The lowest BCUT2D eigenvalue weighted by Crippen LogP contribution is -2.43. The van der Waals surface area contributed by atoms with Crippen LogP contribution in [0.25, 0.3) is 11.1 Å². The SMILES string of the molecule is O=C(NC(Cc1cc(I)c(Oc2cc(I)c(O)c(I)c2)c(I)c1)C(=O)O)OCC1c2ccccc2-c2ccccc21. The van der Waals surface area contributed by atoms with E-state index < -0.39 is 18.1 Å². The molecule has 0 heterocycles. The minimum Gasteiger partial charge on any atom is -0.506 e. The number of aliphatic carboxylic acids is 1. The number of hydrogen-bond acceptors (Lipinski definition) is 5. The number of alkyl carbamates (subject to hydrolysis) is 1. The van der Waals surface area contributed by atoms with Crippen molar-refractivity contribution in [3.05, 3.63) is 104 Å². The van der Waals surface area contributed by atoms with Gasteiger partial charge in [-0.05, 0) is 142 Å². The number of aromatic hydroxyl groups is 1. The molecule has 41 heavy (non-hydrogen) atoms. The number of carboxylic acid groups (broad SMARTS) is 1. The topological polar surface area (TPSA) is 105 Å². The predicted molar refractivity (Wildman–Crippen MR) is 189 cm³/mol. The molecule has 1 amide bonds. The van der Waals surface area contributed by atoms with Crippen LogP contribution in [0.4, 0.5) is 4.79 Å². The lowest BCUT2D eigenvalue weighted by molar-refractivity contribution is -0.139. The second-order valence-corrected chi connectivity index (χ2v) is 13.9. The Hall–Kier alpha value is -1.86. The number of carbonyl (C=O) groups excluding carboxylic acids is 1. The number of fused-ring (bicyclic) bond motifs is 3. The van der Waals surface area contributed by atoms with Gasteiger partial charge in [-0.3, -0.25) is 0 Å². The number of rotatable bonds is 8. The zero-order chi connectivity index (χ0) is 29.3. The first kappa shape index (κ1) is 30.6. The van der Waals surface area contributed by atoms with Crippen molar-refractivity contribution in [2.75, 3.05) is 6.61 Å². The Balaban J connectivity index is 1.26. The highest BCUT2D eigenvalue weighted by Gasteiger charge is 2.30. The average molecular weight is 999 g/mol. The third-order valence-electron chi connectivity index (χ3n) is 6.64. The zero-order valence-electron chi connectivity index (χ0n) is 21.0. The van der Waals surface area contributed by atoms with E-state index in [0.717, 1.165) is 35.0 Å². The van der Waals surface area contributed by atoms with Gasteiger partial charge in [-0.25, -0.2) is 9.59 Å². The lowest BCUT2D eigenvalue weighted by Gasteiger charge is -2.18. The van der Waals surface area contributed by atoms with Gasteiger partial charge in [-0.2, -0.15) is 0 Å². The molecule has 1 atom stereocenters. The summed E-state index contributed by atoms with van der Waals surface area (Å²) in [5.74, 6) is 0.149. The number of phenolic OH excluding ortho intramolecular Hbond substituents is 1. The average Bonchev–Trinajstić information content (AvgIpc) is 3.25. The van der Waals surface area contributed by atoms with E-state index in [4.69, 9.17) is 9.47 Å². The molecular formula is C30H21I4NO6. The predicted octanol–water partition coefficient (Wildman–Crippen LogP) is 8.14. The molecule has 1 aliphatic carbocycles. The molecule has 3 N–H and O–H groups in total. The van der Waals surface area contributed by atoms with Crippen LogP contribution in [0.2, 0.25) is 0 Å². The van der Waals surface area contributed by atoms with Gasteiger partial charge in [-0.15, -0.1) is 0 Å². The van der Waals surface area contributed by atoms with Gasteiger partial charge in [0.1, 0.15) is 24.1 Å². The Morgan fingerprint density at radius 1 is 0.829 bits per heavy atom. The van der Waals surface area contributed by atoms with E-state index in [1.165, 1.54) is 0 Å². The molecular weight excluding hydrogens is 978 g/mol. The van der Waals surface area contributed by atoms with Crippen LogP contribution in [-0.2, 0) is 16.0 Å². The first-order chi connectivity index (χ1) is 19.6. The van der Waals surface area contributed by atoms with Crippen molar-refractivity contribution >= 4 is 102 Å². The molecule has 4 aromatic rings. The van der Waals surface area contributed by atoms with E-state index in [2.05, 4.69) is 62.6 Å². The molecule has 7 nitrogen and oxygen atoms in total. The Bertz CT molecular complexity index is 1570. The Morgan fingerprint density at radius 2 is 1.37 bits per heavy atom. The monoisotopic (exact) mass is 999 g/mol. The van der Waals surface area contributed by atoms with Gasteiger partial charge in [0.2, 0.25) is 0 Å². The van der Waals surface area contributed by atoms with Crippen molar-refractivity contribution < 1.29 is 29.3 Å². The van der Waals surface area contributed by atoms with Crippen LogP contribution in [-0.4, -0.2) is 34.9 Å². The summed E-state index contributed by atoms with van der Waals surface area (Å²) in [5.41, 5.74) is 5.13. The number of nitrogens with one attached hydrogen (secondary N) is 1. The fraction of sp³-hybridized carbons (Fsp3) is 0.133. The van der Waals surface area contributed by atoms with Crippen LogP contribution in [0.15, 0.2) is 72.8 Å². The summed E-state index contributed by atoms with van der Waals surface area (Å²) in [6, 6.07) is 22.1. The Kier molecular flexibility index (Phi) is 9.85. The van der Waals surface area contributed by atoms with Crippen LogP contribution in [0.5, 0.6) is 17.2 Å². The standard InChI is InChI=1S/C30H21I4NO6/c31-22-12-16(13-23(32)27(22)36)41-28-24(33)9-15(10-25(28)34)11-26(29(37)38)35-30(39)40-14-21-19-7-3-1-5-17(19)18-6-2-4-8-20(18)21/h1-10,12-13,21,26,36H,11,14H2,(H,35,39)(H,37,38). The lowest BCUT2D eigenvalue weighted by atomic mass is 9.98. The molecule has 0 spiro atoms. The molecule has 4 aromatic carbocycles. The maximum absolute atomic E-state index is 12.8. The van der Waals surface area contributed by atoms with E-state index in [-0.39, 0.29) is 24.7 Å². The molecule has 1 unspecified atom stereocenters. The van der Waals surface area contributed by atoms with Gasteiger partial charge in [0.15, 0.2) is 5.75 Å². The van der Waals surface area contributed by atoms with Gasteiger partial charge in [0.25, 0.3) is 0 Å². The van der Waals surface area contributed by atoms with Crippen LogP contribution in [0, 0.1) is 14.3 Å². The number of carboxylic acids is 1. The van der Waals surface area contributed by atoms with Crippen molar-refractivity contribution in [3.8, 4) is 28.4 Å². The first-order valence-electron chi connectivity index (χ1n) is 12.3. The fourth-order valence-electron chi connectivity index (χ4n) is 4.76. The van der Waals surface area contributed by atoms with E-state index in [9.17, 15) is 19.8 Å². The highest BCUT2D eigenvalue weighted by Crippen LogP contribution is 2.44. The van der Waals surface area contributed by atoms with Crippen LogP contribution >= 0.6 is 90.4 Å². The Labute approximate surface area is 291 Å². The number of benzene rings is 4. The highest BCUT2D eigenvalue weighted by atomic mass is 127. The molecule has 210 valence electrons. The summed E-state index contributed by atoms with van der Waals surface area (Å²) in [6.45, 7) is 0.100. The summed E-state index contributed by atoms with van der Waals surface area (Å²) in [5, 5.41) is 22.4. The number of carbonyl (C=O) groups is 2. The minimum absolute atomic E-state index is 0.0703. The van der Waals surface area contributed by atoms with E-state index in [1.807, 2.05) is 93.7 Å². The van der Waals surface area contributed by atoms with E-state index in [0.29, 0.717) is 18.6 Å². The van der Waals surface area contributed by atoms with Gasteiger partial charge in [-0.1, -0.05) is 48.5 Å². The number of amides is 1. The molecule has 0 saturated heterocycles. The third-order valence-corrected chi connectivity index (χ3v) is 9.89. The Morgan fingerprint density at radius 3 is 1.90 bits per heavy atom. The summed E-state index contributed by atoms with van der Waals surface area (Å²) >= 11 is 8.39. The maximum Gasteiger partial charge on any atom is 0.407 e. The van der Waals surface area contributed by atoms with Crippen LogP contribution in [0.3, 0.4) is 0 Å². The second kappa shape index (κ2) is 13.2. The maximum atomic E-state index is 12.8. The first-order valence-corrected chi connectivity index (χ1v) is 16.6. The van der Waals surface area contributed by atoms with Crippen molar-refractivity contribution in [1.82, 2.24) is 5.32 Å². The fourth-order valence-corrected chi connectivity index (χ4v) is 8.59. The minimum atomic E-state index is -1.18. The molecule has 0 aromatic heterocycles. The number of ether oxygens (including phenoxy) is 2. The zero-order valence-corrected chi connectivity index (χ0v) is 29.7. The number of hydrogen-bond donors (Lipinski definition) is 3. The van der Waals surface area contributed by atoms with Crippen LogP contribution in [0.1, 0.15) is 22.6 Å². The van der Waals surface area contributed by atoms with E-state index >= 15 is 0 Å². The largest absolute Gasteiger partial charge is 0.506 e. The number of halogens is 4. The van der Waals surface area contributed by atoms with Crippen molar-refractivity contribution in [2.24, 2.45) is 0 Å². The van der Waals surface area contributed by atoms with Crippen LogP contribution < -0.4 is 10.1 Å². The van der Waals surface area contributed by atoms with E-state index in [1.54, 1.807) is 12.1 Å². The molecule has 0 radical (unpaired) electrons.